The normalized spacial score (nSPS) is 14.5. The first-order valence-electron chi connectivity index (χ1n) is 10.0. The van der Waals surface area contributed by atoms with Gasteiger partial charge < -0.3 is 18.6 Å². The SMILES string of the molecule is COc1cc(/C=C2\SC(=O)N(CCOc3ccccc3Cl)C2=O)ccc1OC(=O)c1ccco1. The molecule has 0 saturated carbocycles. The lowest BCUT2D eigenvalue weighted by Gasteiger charge is -2.13. The lowest BCUT2D eigenvalue weighted by molar-refractivity contribution is -0.123. The predicted octanol–water partition coefficient (Wildman–Crippen LogP) is 5.28. The standard InChI is InChI=1S/C24H18ClNO7S/c1-30-20-13-15(8-9-18(20)33-23(28)19-7-4-11-31-19)14-21-22(27)26(24(29)34-21)10-12-32-17-6-3-2-5-16(17)25/h2-9,11,13-14H,10,12H2,1H3/b21-14-. The Balaban J connectivity index is 1.42. The van der Waals surface area contributed by atoms with Gasteiger partial charge in [-0.25, -0.2) is 4.79 Å². The van der Waals surface area contributed by atoms with Gasteiger partial charge >= 0.3 is 5.97 Å². The number of thioether (sulfide) groups is 1. The van der Waals surface area contributed by atoms with Crippen LogP contribution >= 0.6 is 23.4 Å². The number of hydrogen-bond donors (Lipinski definition) is 0. The highest BCUT2D eigenvalue weighted by Gasteiger charge is 2.34. The molecule has 3 aromatic rings. The number of rotatable bonds is 8. The highest BCUT2D eigenvalue weighted by atomic mass is 35.5. The molecule has 174 valence electrons. The van der Waals surface area contributed by atoms with Gasteiger partial charge in [0.25, 0.3) is 11.1 Å². The van der Waals surface area contributed by atoms with Gasteiger partial charge in [-0.15, -0.1) is 0 Å². The predicted molar refractivity (Wildman–Crippen MR) is 126 cm³/mol. The number of nitrogens with zero attached hydrogens (tertiary/aromatic N) is 1. The fourth-order valence-corrected chi connectivity index (χ4v) is 4.11. The molecular formula is C24H18ClNO7S. The number of ether oxygens (including phenoxy) is 3. The smallest absolute Gasteiger partial charge is 0.379 e. The summed E-state index contributed by atoms with van der Waals surface area (Å²) >= 11 is 6.88. The summed E-state index contributed by atoms with van der Waals surface area (Å²) in [6, 6.07) is 14.8. The number of furan rings is 1. The molecule has 10 heteroatoms. The average molecular weight is 500 g/mol. The van der Waals surface area contributed by atoms with Gasteiger partial charge in [0, 0.05) is 0 Å². The van der Waals surface area contributed by atoms with Crippen LogP contribution in [-0.4, -0.2) is 42.3 Å². The minimum absolute atomic E-state index is 0.0540. The Morgan fingerprint density at radius 3 is 2.65 bits per heavy atom. The molecular weight excluding hydrogens is 482 g/mol. The van der Waals surface area contributed by atoms with Crippen molar-refractivity contribution in [1.29, 1.82) is 0 Å². The van der Waals surface area contributed by atoms with Crippen LogP contribution in [0, 0.1) is 0 Å². The average Bonchev–Trinajstić information content (AvgIpc) is 3.46. The largest absolute Gasteiger partial charge is 0.493 e. The van der Waals surface area contributed by atoms with E-state index in [2.05, 4.69) is 0 Å². The zero-order valence-corrected chi connectivity index (χ0v) is 19.4. The summed E-state index contributed by atoms with van der Waals surface area (Å²) in [7, 11) is 1.43. The van der Waals surface area contributed by atoms with E-state index in [4.69, 9.17) is 30.2 Å². The van der Waals surface area contributed by atoms with E-state index in [9.17, 15) is 14.4 Å². The van der Waals surface area contributed by atoms with Crippen LogP contribution in [0.4, 0.5) is 4.79 Å². The van der Waals surface area contributed by atoms with Crippen LogP contribution in [0.3, 0.4) is 0 Å². The third kappa shape index (κ3) is 5.27. The highest BCUT2D eigenvalue weighted by Crippen LogP contribution is 2.35. The lowest BCUT2D eigenvalue weighted by Crippen LogP contribution is -2.32. The fourth-order valence-electron chi connectivity index (χ4n) is 3.06. The molecule has 0 unspecified atom stereocenters. The molecule has 0 aliphatic carbocycles. The second kappa shape index (κ2) is 10.5. The Labute approximate surface area is 204 Å². The molecule has 0 bridgehead atoms. The number of imide groups is 1. The van der Waals surface area contributed by atoms with Gasteiger partial charge in [-0.1, -0.05) is 29.8 Å². The van der Waals surface area contributed by atoms with Gasteiger partial charge in [0.1, 0.15) is 12.4 Å². The molecule has 1 fully saturated rings. The summed E-state index contributed by atoms with van der Waals surface area (Å²) in [6.45, 7) is 0.191. The van der Waals surface area contributed by atoms with Crippen LogP contribution in [0.5, 0.6) is 17.2 Å². The first-order valence-corrected chi connectivity index (χ1v) is 11.2. The maximum atomic E-state index is 12.8. The van der Waals surface area contributed by atoms with Crippen molar-refractivity contribution < 1.29 is 33.0 Å². The number of amides is 2. The summed E-state index contributed by atoms with van der Waals surface area (Å²) in [5.74, 6) is -0.0990. The molecule has 0 radical (unpaired) electrons. The molecule has 0 atom stereocenters. The Morgan fingerprint density at radius 2 is 1.91 bits per heavy atom. The Morgan fingerprint density at radius 1 is 1.09 bits per heavy atom. The van der Waals surface area contributed by atoms with Gasteiger partial charge in [-0.3, -0.25) is 14.5 Å². The van der Waals surface area contributed by atoms with Gasteiger partial charge in [0.2, 0.25) is 5.76 Å². The number of hydrogen-bond acceptors (Lipinski definition) is 8. The second-order valence-electron chi connectivity index (χ2n) is 6.89. The van der Waals surface area contributed by atoms with Crippen molar-refractivity contribution in [2.45, 2.75) is 0 Å². The molecule has 34 heavy (non-hydrogen) atoms. The van der Waals surface area contributed by atoms with E-state index in [0.29, 0.717) is 16.3 Å². The highest BCUT2D eigenvalue weighted by molar-refractivity contribution is 8.18. The zero-order chi connectivity index (χ0) is 24.1. The van der Waals surface area contributed by atoms with Gasteiger partial charge in [0.05, 0.1) is 29.8 Å². The van der Waals surface area contributed by atoms with Gasteiger partial charge in [-0.2, -0.15) is 0 Å². The first-order chi connectivity index (χ1) is 16.5. The topological polar surface area (TPSA) is 95.3 Å². The molecule has 1 saturated heterocycles. The van der Waals surface area contributed by atoms with Crippen LogP contribution < -0.4 is 14.2 Å². The molecule has 2 heterocycles. The summed E-state index contributed by atoms with van der Waals surface area (Å²) in [5, 5.41) is 0.0544. The summed E-state index contributed by atoms with van der Waals surface area (Å²) in [4.78, 5) is 38.6. The summed E-state index contributed by atoms with van der Waals surface area (Å²) in [5.41, 5.74) is 0.590. The van der Waals surface area contributed by atoms with Crippen molar-refractivity contribution in [1.82, 2.24) is 4.90 Å². The van der Waals surface area contributed by atoms with E-state index in [1.165, 1.54) is 25.5 Å². The van der Waals surface area contributed by atoms with E-state index in [-0.39, 0.29) is 35.3 Å². The number of methoxy groups -OCH3 is 1. The van der Waals surface area contributed by atoms with E-state index < -0.39 is 17.1 Å². The van der Waals surface area contributed by atoms with Crippen LogP contribution in [0.1, 0.15) is 16.1 Å². The molecule has 4 rings (SSSR count). The summed E-state index contributed by atoms with van der Waals surface area (Å²) in [6.07, 6.45) is 2.94. The van der Waals surface area contributed by atoms with Crippen molar-refractivity contribution in [2.24, 2.45) is 0 Å². The quantitative estimate of drug-likeness (QED) is 0.235. The Hall–Kier alpha value is -3.69. The zero-order valence-electron chi connectivity index (χ0n) is 17.9. The number of carbonyl (C=O) groups is 3. The lowest BCUT2D eigenvalue weighted by atomic mass is 10.2. The van der Waals surface area contributed by atoms with E-state index >= 15 is 0 Å². The summed E-state index contributed by atoms with van der Waals surface area (Å²) < 4.78 is 21.2. The first kappa shape index (κ1) is 23.5. The van der Waals surface area contributed by atoms with Crippen LogP contribution in [0.15, 0.2) is 70.2 Å². The minimum atomic E-state index is -0.670. The van der Waals surface area contributed by atoms with Crippen molar-refractivity contribution in [3.63, 3.8) is 0 Å². The van der Waals surface area contributed by atoms with Crippen molar-refractivity contribution in [3.05, 3.63) is 82.1 Å². The van der Waals surface area contributed by atoms with Crippen molar-refractivity contribution in [3.8, 4) is 17.2 Å². The molecule has 0 N–H and O–H groups in total. The molecule has 1 aliphatic rings. The fraction of sp³-hybridized carbons (Fsp3) is 0.125. The molecule has 2 amide bonds. The number of carbonyl (C=O) groups excluding carboxylic acids is 3. The number of para-hydroxylation sites is 1. The van der Waals surface area contributed by atoms with Gasteiger partial charge in [-0.05, 0) is 59.8 Å². The number of halogens is 1. The molecule has 2 aromatic carbocycles. The maximum absolute atomic E-state index is 12.8. The van der Waals surface area contributed by atoms with E-state index in [1.807, 2.05) is 0 Å². The number of benzene rings is 2. The number of esters is 1. The van der Waals surface area contributed by atoms with Gasteiger partial charge in [0.15, 0.2) is 11.5 Å². The van der Waals surface area contributed by atoms with Crippen LogP contribution in [0.25, 0.3) is 6.08 Å². The van der Waals surface area contributed by atoms with Crippen LogP contribution in [-0.2, 0) is 4.79 Å². The maximum Gasteiger partial charge on any atom is 0.379 e. The third-order valence-corrected chi connectivity index (χ3v) is 5.91. The van der Waals surface area contributed by atoms with E-state index in [1.54, 1.807) is 48.5 Å². The van der Waals surface area contributed by atoms with Crippen LogP contribution in [0.2, 0.25) is 5.02 Å². The minimum Gasteiger partial charge on any atom is -0.493 e. The van der Waals surface area contributed by atoms with Crippen molar-refractivity contribution in [2.75, 3.05) is 20.3 Å². The Bertz CT molecular complexity index is 1260. The second-order valence-corrected chi connectivity index (χ2v) is 8.29. The Kier molecular flexibility index (Phi) is 7.24. The molecule has 1 aromatic heterocycles. The third-order valence-electron chi connectivity index (χ3n) is 4.69. The molecule has 1 aliphatic heterocycles. The molecule has 0 spiro atoms. The van der Waals surface area contributed by atoms with E-state index in [0.717, 1.165) is 16.7 Å². The monoisotopic (exact) mass is 499 g/mol. The molecule has 8 nitrogen and oxygen atoms in total. The van der Waals surface area contributed by atoms with Crippen molar-refractivity contribution >= 4 is 46.6 Å².